The molecule has 0 radical (unpaired) electrons. The lowest BCUT2D eigenvalue weighted by molar-refractivity contribution is 0.302. The molecule has 0 aromatic heterocycles. The zero-order valence-electron chi connectivity index (χ0n) is 16.8. The topological polar surface area (TPSA) is 27.0 Å². The van der Waals surface area contributed by atoms with Gasteiger partial charge in [-0.3, -0.25) is 4.90 Å². The van der Waals surface area contributed by atoms with E-state index in [0.717, 1.165) is 18.2 Å². The van der Waals surface area contributed by atoms with Crippen molar-refractivity contribution < 1.29 is 8.78 Å². The highest BCUT2D eigenvalue weighted by Crippen LogP contribution is 2.10. The van der Waals surface area contributed by atoms with E-state index in [1.807, 2.05) is 64.1 Å². The Morgan fingerprint density at radius 2 is 1.56 bits per heavy atom. The maximum absolute atomic E-state index is 13.1. The zero-order valence-corrected chi connectivity index (χ0v) is 16.8. The molecule has 0 heterocycles. The molecule has 0 N–H and O–H groups in total. The fourth-order valence-electron chi connectivity index (χ4n) is 2.29. The quantitative estimate of drug-likeness (QED) is 0.559. The Balaban J connectivity index is 0.00000158. The second-order valence-electron chi connectivity index (χ2n) is 5.23. The molecular formula is C23H30F2N2. The van der Waals surface area contributed by atoms with E-state index in [9.17, 15) is 8.78 Å². The van der Waals surface area contributed by atoms with E-state index in [2.05, 4.69) is 11.0 Å². The van der Waals surface area contributed by atoms with Gasteiger partial charge in [-0.25, -0.2) is 8.78 Å². The molecule has 2 aromatic rings. The molecule has 27 heavy (non-hydrogen) atoms. The smallest absolute Gasteiger partial charge is 0.126 e. The van der Waals surface area contributed by atoms with Gasteiger partial charge in [0, 0.05) is 32.1 Å². The van der Waals surface area contributed by atoms with Crippen LogP contribution in [0.15, 0.2) is 54.6 Å². The minimum Gasteiger partial charge on any atom is -0.294 e. The highest BCUT2D eigenvalue weighted by atomic mass is 19.1. The van der Waals surface area contributed by atoms with Crippen LogP contribution in [0, 0.1) is 23.0 Å². The SMILES string of the molecule is CC.CC.N#CCCN(C/C=C/c1cc(F)cc(F)c1)Cc1ccccc1. The average molecular weight is 373 g/mol. The van der Waals surface area contributed by atoms with Gasteiger partial charge >= 0.3 is 0 Å². The monoisotopic (exact) mass is 372 g/mol. The lowest BCUT2D eigenvalue weighted by Gasteiger charge is -2.19. The largest absolute Gasteiger partial charge is 0.294 e. The van der Waals surface area contributed by atoms with E-state index in [-0.39, 0.29) is 0 Å². The molecular weight excluding hydrogens is 342 g/mol. The van der Waals surface area contributed by atoms with Crippen LogP contribution >= 0.6 is 0 Å². The van der Waals surface area contributed by atoms with Gasteiger partial charge < -0.3 is 0 Å². The molecule has 2 rings (SSSR count). The van der Waals surface area contributed by atoms with Gasteiger partial charge in [-0.15, -0.1) is 0 Å². The first-order chi connectivity index (χ1) is 13.2. The van der Waals surface area contributed by atoms with Crippen molar-refractivity contribution in [3.8, 4) is 6.07 Å². The molecule has 146 valence electrons. The van der Waals surface area contributed by atoms with E-state index in [1.54, 1.807) is 6.08 Å². The predicted octanol–water partition coefficient (Wildman–Crippen LogP) is 6.45. The van der Waals surface area contributed by atoms with Crippen LogP contribution in [0.25, 0.3) is 6.08 Å². The molecule has 2 nitrogen and oxygen atoms in total. The first kappa shape index (κ1) is 24.5. The third kappa shape index (κ3) is 10.9. The van der Waals surface area contributed by atoms with Gasteiger partial charge in [0.15, 0.2) is 0 Å². The van der Waals surface area contributed by atoms with Crippen molar-refractivity contribution in [1.29, 1.82) is 5.26 Å². The van der Waals surface area contributed by atoms with Gasteiger partial charge in [0.2, 0.25) is 0 Å². The second kappa shape index (κ2) is 15.7. The van der Waals surface area contributed by atoms with Crippen LogP contribution in [0.5, 0.6) is 0 Å². The first-order valence-electron chi connectivity index (χ1n) is 9.43. The van der Waals surface area contributed by atoms with E-state index in [1.165, 1.54) is 12.1 Å². The molecule has 0 saturated carbocycles. The summed E-state index contributed by atoms with van der Waals surface area (Å²) in [6, 6.07) is 15.5. The second-order valence-corrected chi connectivity index (χ2v) is 5.23. The van der Waals surface area contributed by atoms with E-state index < -0.39 is 11.6 Å². The van der Waals surface area contributed by atoms with E-state index in [4.69, 9.17) is 5.26 Å². The van der Waals surface area contributed by atoms with E-state index in [0.29, 0.717) is 25.1 Å². The molecule has 0 unspecified atom stereocenters. The van der Waals surface area contributed by atoms with Gasteiger partial charge in [-0.1, -0.05) is 70.2 Å². The number of rotatable bonds is 7. The summed E-state index contributed by atoms with van der Waals surface area (Å²) in [7, 11) is 0. The molecule has 0 spiro atoms. The van der Waals surface area contributed by atoms with Crippen LogP contribution in [0.2, 0.25) is 0 Å². The minimum absolute atomic E-state index is 0.440. The Kier molecular flexibility index (Phi) is 14.3. The van der Waals surface area contributed by atoms with Crippen LogP contribution in [0.1, 0.15) is 45.2 Å². The third-order valence-electron chi connectivity index (χ3n) is 3.35. The summed E-state index contributed by atoms with van der Waals surface area (Å²) < 4.78 is 26.3. The van der Waals surface area contributed by atoms with Gasteiger partial charge in [0.05, 0.1) is 6.07 Å². The number of nitrogens with zero attached hydrogens (tertiary/aromatic N) is 2. The first-order valence-corrected chi connectivity index (χ1v) is 9.43. The number of hydrogen-bond acceptors (Lipinski definition) is 2. The maximum Gasteiger partial charge on any atom is 0.126 e. The molecule has 0 amide bonds. The van der Waals surface area contributed by atoms with Crippen molar-refractivity contribution >= 4 is 6.08 Å². The molecule has 0 fully saturated rings. The molecule has 0 aliphatic carbocycles. The average Bonchev–Trinajstić information content (AvgIpc) is 2.69. The number of benzene rings is 2. The van der Waals surface area contributed by atoms with Gasteiger partial charge in [0.1, 0.15) is 11.6 Å². The van der Waals surface area contributed by atoms with E-state index >= 15 is 0 Å². The fraction of sp³-hybridized carbons (Fsp3) is 0.348. The van der Waals surface area contributed by atoms with Crippen LogP contribution in [-0.4, -0.2) is 18.0 Å². The summed E-state index contributed by atoms with van der Waals surface area (Å²) in [5.74, 6) is -1.18. The Bertz CT molecular complexity index is 671. The number of halogens is 2. The normalized spacial score (nSPS) is 9.85. The van der Waals surface area contributed by atoms with Crippen molar-refractivity contribution in [2.24, 2.45) is 0 Å². The van der Waals surface area contributed by atoms with Crippen LogP contribution in [-0.2, 0) is 6.54 Å². The molecule has 0 aliphatic heterocycles. The highest BCUT2D eigenvalue weighted by molar-refractivity contribution is 5.49. The minimum atomic E-state index is -0.588. The van der Waals surface area contributed by atoms with Crippen LogP contribution in [0.3, 0.4) is 0 Å². The summed E-state index contributed by atoms with van der Waals surface area (Å²) in [5, 5.41) is 8.77. The summed E-state index contributed by atoms with van der Waals surface area (Å²) in [6.45, 7) is 9.98. The Labute approximate surface area is 162 Å². The van der Waals surface area contributed by atoms with Crippen molar-refractivity contribution in [3.63, 3.8) is 0 Å². The number of nitriles is 1. The lowest BCUT2D eigenvalue weighted by atomic mass is 10.2. The van der Waals surface area contributed by atoms with Gasteiger partial charge in [-0.2, -0.15) is 5.26 Å². The highest BCUT2D eigenvalue weighted by Gasteiger charge is 2.04. The summed E-state index contributed by atoms with van der Waals surface area (Å²) >= 11 is 0. The van der Waals surface area contributed by atoms with Gasteiger partial charge in [-0.05, 0) is 23.3 Å². The Hall–Kier alpha value is -2.51. The standard InChI is InChI=1S/C19H18F2N2.2C2H6/c20-18-12-17(13-19(21)14-18)8-4-10-23(11-5-9-22)15-16-6-2-1-3-7-16;2*1-2/h1-4,6-8,12-14H,5,10-11,15H2;2*1-2H3/b8-4+;;. The molecule has 0 atom stereocenters. The van der Waals surface area contributed by atoms with Crippen molar-refractivity contribution in [3.05, 3.63) is 77.4 Å². The zero-order chi connectivity index (χ0) is 20.5. The molecule has 0 bridgehead atoms. The molecule has 0 aliphatic rings. The predicted molar refractivity (Wildman–Crippen MR) is 110 cm³/mol. The summed E-state index contributed by atoms with van der Waals surface area (Å²) in [4.78, 5) is 2.12. The number of hydrogen-bond donors (Lipinski definition) is 0. The molecule has 2 aromatic carbocycles. The third-order valence-corrected chi connectivity index (χ3v) is 3.35. The summed E-state index contributed by atoms with van der Waals surface area (Å²) in [5.41, 5.74) is 1.65. The van der Waals surface area contributed by atoms with Crippen molar-refractivity contribution in [2.45, 2.75) is 40.7 Å². The lowest BCUT2D eigenvalue weighted by Crippen LogP contribution is -2.24. The fourth-order valence-corrected chi connectivity index (χ4v) is 2.29. The van der Waals surface area contributed by atoms with Crippen molar-refractivity contribution in [2.75, 3.05) is 13.1 Å². The Morgan fingerprint density at radius 1 is 0.963 bits per heavy atom. The van der Waals surface area contributed by atoms with Crippen molar-refractivity contribution in [1.82, 2.24) is 4.90 Å². The molecule has 4 heteroatoms. The van der Waals surface area contributed by atoms with Crippen LogP contribution < -0.4 is 0 Å². The maximum atomic E-state index is 13.1. The summed E-state index contributed by atoms with van der Waals surface area (Å²) in [6.07, 6.45) is 3.99. The van der Waals surface area contributed by atoms with Crippen LogP contribution in [0.4, 0.5) is 8.78 Å². The van der Waals surface area contributed by atoms with Gasteiger partial charge in [0.25, 0.3) is 0 Å². The Morgan fingerprint density at radius 3 is 2.11 bits per heavy atom. The molecule has 0 saturated heterocycles.